The van der Waals surface area contributed by atoms with Gasteiger partial charge in [-0.2, -0.15) is 5.10 Å². The lowest BCUT2D eigenvalue weighted by Gasteiger charge is -2.07. The third-order valence-corrected chi connectivity index (χ3v) is 3.44. The Morgan fingerprint density at radius 1 is 1.42 bits per heavy atom. The van der Waals surface area contributed by atoms with Gasteiger partial charge in [0.05, 0.1) is 12.1 Å². The Morgan fingerprint density at radius 2 is 2.16 bits per heavy atom. The first-order valence-electron chi connectivity index (χ1n) is 6.12. The Hall–Kier alpha value is -1.62. The van der Waals surface area contributed by atoms with E-state index in [1.807, 2.05) is 30.7 Å². The van der Waals surface area contributed by atoms with Crippen LogP contribution in [0.5, 0.6) is 0 Å². The van der Waals surface area contributed by atoms with E-state index >= 15 is 0 Å². The molecular weight excluding hydrogens is 306 g/mol. The van der Waals surface area contributed by atoms with Crippen LogP contribution in [-0.2, 0) is 13.0 Å². The zero-order valence-electron chi connectivity index (χ0n) is 11.0. The minimum absolute atomic E-state index is 0.00778. The molecule has 100 valence electrons. The molecule has 0 saturated carbocycles. The molecule has 1 aromatic heterocycles. The van der Waals surface area contributed by atoms with Gasteiger partial charge in [-0.25, -0.2) is 0 Å². The summed E-state index contributed by atoms with van der Waals surface area (Å²) in [4.78, 5) is 12.3. The summed E-state index contributed by atoms with van der Waals surface area (Å²) in [5.74, 6) is 0.00778. The van der Waals surface area contributed by atoms with Gasteiger partial charge in [0.2, 0.25) is 0 Å². The monoisotopic (exact) mass is 321 g/mol. The van der Waals surface area contributed by atoms with Crippen molar-refractivity contribution in [3.05, 3.63) is 45.7 Å². The first-order valence-corrected chi connectivity index (χ1v) is 6.92. The molecule has 2 rings (SSSR count). The largest absolute Gasteiger partial charge is 0.398 e. The molecule has 0 aliphatic heterocycles. The Morgan fingerprint density at radius 3 is 2.84 bits per heavy atom. The second-order valence-electron chi connectivity index (χ2n) is 4.42. The number of rotatable bonds is 4. The van der Waals surface area contributed by atoms with Gasteiger partial charge in [-0.1, -0.05) is 15.9 Å². The van der Waals surface area contributed by atoms with Gasteiger partial charge in [0.15, 0.2) is 5.78 Å². The number of carbonyl (C=O) groups is 1. The first-order chi connectivity index (χ1) is 9.01. The molecule has 19 heavy (non-hydrogen) atoms. The van der Waals surface area contributed by atoms with Gasteiger partial charge in [0.1, 0.15) is 0 Å². The molecular formula is C14H16BrN3O. The van der Waals surface area contributed by atoms with E-state index in [-0.39, 0.29) is 5.78 Å². The number of hydrogen-bond acceptors (Lipinski definition) is 3. The Kier molecular flexibility index (Phi) is 4.04. The molecule has 5 heteroatoms. The van der Waals surface area contributed by atoms with Crippen LogP contribution in [0.2, 0.25) is 0 Å². The number of Topliss-reactive ketones (excluding diaryl/α,β-unsaturated/α-hetero) is 1. The second kappa shape index (κ2) is 5.57. The van der Waals surface area contributed by atoms with Crippen molar-refractivity contribution in [3.63, 3.8) is 0 Å². The number of nitrogen functional groups attached to an aromatic ring is 1. The zero-order valence-corrected chi connectivity index (χ0v) is 12.6. The van der Waals surface area contributed by atoms with Crippen LogP contribution in [-0.4, -0.2) is 15.6 Å². The molecule has 0 saturated heterocycles. The van der Waals surface area contributed by atoms with E-state index in [9.17, 15) is 4.79 Å². The molecule has 2 aromatic rings. The number of aromatic nitrogens is 2. The van der Waals surface area contributed by atoms with E-state index < -0.39 is 0 Å². The average Bonchev–Trinajstić information content (AvgIpc) is 2.72. The summed E-state index contributed by atoms with van der Waals surface area (Å²) in [6.07, 6.45) is 0.315. The standard InChI is InChI=1S/C14H16BrN3O/c1-3-18-11(6-9(2)17-18)8-14(19)12-7-10(15)4-5-13(12)16/h4-7H,3,8,16H2,1-2H3. The number of halogens is 1. The highest BCUT2D eigenvalue weighted by molar-refractivity contribution is 9.10. The van der Waals surface area contributed by atoms with Crippen molar-refractivity contribution in [3.8, 4) is 0 Å². The number of nitrogens with two attached hydrogens (primary N) is 1. The van der Waals surface area contributed by atoms with Crippen LogP contribution in [0.3, 0.4) is 0 Å². The minimum atomic E-state index is 0.00778. The summed E-state index contributed by atoms with van der Waals surface area (Å²) >= 11 is 3.36. The van der Waals surface area contributed by atoms with E-state index in [0.29, 0.717) is 17.7 Å². The summed E-state index contributed by atoms with van der Waals surface area (Å²) in [6, 6.07) is 7.26. The smallest absolute Gasteiger partial charge is 0.170 e. The van der Waals surface area contributed by atoms with Crippen molar-refractivity contribution in [2.75, 3.05) is 5.73 Å². The van der Waals surface area contributed by atoms with E-state index in [4.69, 9.17) is 5.73 Å². The van der Waals surface area contributed by atoms with Gasteiger partial charge in [-0.3, -0.25) is 9.48 Å². The van der Waals surface area contributed by atoms with Crippen LogP contribution in [0.25, 0.3) is 0 Å². The quantitative estimate of drug-likeness (QED) is 0.695. The van der Waals surface area contributed by atoms with Crippen LogP contribution < -0.4 is 5.73 Å². The normalized spacial score (nSPS) is 10.7. The van der Waals surface area contributed by atoms with E-state index in [1.54, 1.807) is 12.1 Å². The maximum Gasteiger partial charge on any atom is 0.170 e. The van der Waals surface area contributed by atoms with Crippen molar-refractivity contribution < 1.29 is 4.79 Å². The van der Waals surface area contributed by atoms with Crippen molar-refractivity contribution in [2.45, 2.75) is 26.8 Å². The highest BCUT2D eigenvalue weighted by Gasteiger charge is 2.14. The molecule has 0 aliphatic carbocycles. The fraction of sp³-hybridized carbons (Fsp3) is 0.286. The summed E-state index contributed by atoms with van der Waals surface area (Å²) in [5.41, 5.74) is 8.76. The summed E-state index contributed by atoms with van der Waals surface area (Å²) in [6.45, 7) is 4.69. The molecule has 0 aliphatic rings. The van der Waals surface area contributed by atoms with Gasteiger partial charge in [0, 0.05) is 28.0 Å². The van der Waals surface area contributed by atoms with Gasteiger partial charge < -0.3 is 5.73 Å². The van der Waals surface area contributed by atoms with Crippen LogP contribution >= 0.6 is 15.9 Å². The molecule has 0 unspecified atom stereocenters. The number of benzene rings is 1. The van der Waals surface area contributed by atoms with Gasteiger partial charge in [-0.15, -0.1) is 0 Å². The van der Waals surface area contributed by atoms with Crippen molar-refractivity contribution >= 4 is 27.4 Å². The van der Waals surface area contributed by atoms with Crippen LogP contribution in [0, 0.1) is 6.92 Å². The third kappa shape index (κ3) is 3.04. The predicted octanol–water partition coefficient (Wildman–Crippen LogP) is 2.98. The first kappa shape index (κ1) is 13.8. The lowest BCUT2D eigenvalue weighted by atomic mass is 10.0. The predicted molar refractivity (Wildman–Crippen MR) is 79.2 cm³/mol. The second-order valence-corrected chi connectivity index (χ2v) is 5.34. The van der Waals surface area contributed by atoms with Crippen LogP contribution in [0.1, 0.15) is 28.7 Å². The van der Waals surface area contributed by atoms with Gasteiger partial charge >= 0.3 is 0 Å². The summed E-state index contributed by atoms with van der Waals surface area (Å²) in [5, 5.41) is 4.34. The number of aryl methyl sites for hydroxylation is 2. The molecule has 0 spiro atoms. The molecule has 0 amide bonds. The minimum Gasteiger partial charge on any atom is -0.398 e. The average molecular weight is 322 g/mol. The number of nitrogens with zero attached hydrogens (tertiary/aromatic N) is 2. The topological polar surface area (TPSA) is 60.9 Å². The number of hydrogen-bond donors (Lipinski definition) is 1. The molecule has 1 heterocycles. The van der Waals surface area contributed by atoms with E-state index in [1.165, 1.54) is 0 Å². The number of anilines is 1. The Balaban J connectivity index is 2.27. The molecule has 0 radical (unpaired) electrons. The fourth-order valence-corrected chi connectivity index (χ4v) is 2.41. The van der Waals surface area contributed by atoms with Crippen molar-refractivity contribution in [2.24, 2.45) is 0 Å². The van der Waals surface area contributed by atoms with Crippen molar-refractivity contribution in [1.82, 2.24) is 9.78 Å². The molecule has 2 N–H and O–H groups in total. The molecule has 4 nitrogen and oxygen atoms in total. The Bertz CT molecular complexity index is 619. The molecule has 0 fully saturated rings. The summed E-state index contributed by atoms with van der Waals surface area (Å²) in [7, 11) is 0. The van der Waals surface area contributed by atoms with E-state index in [0.717, 1.165) is 22.4 Å². The maximum atomic E-state index is 12.3. The van der Waals surface area contributed by atoms with Crippen molar-refractivity contribution in [1.29, 1.82) is 0 Å². The van der Waals surface area contributed by atoms with Gasteiger partial charge in [0.25, 0.3) is 0 Å². The highest BCUT2D eigenvalue weighted by atomic mass is 79.9. The lowest BCUT2D eigenvalue weighted by Crippen LogP contribution is -2.11. The lowest BCUT2D eigenvalue weighted by molar-refractivity contribution is 0.0991. The highest BCUT2D eigenvalue weighted by Crippen LogP contribution is 2.20. The SMILES string of the molecule is CCn1nc(C)cc1CC(=O)c1cc(Br)ccc1N. The molecule has 0 atom stereocenters. The number of ketones is 1. The summed E-state index contributed by atoms with van der Waals surface area (Å²) < 4.78 is 2.70. The maximum absolute atomic E-state index is 12.3. The van der Waals surface area contributed by atoms with Crippen LogP contribution in [0.15, 0.2) is 28.7 Å². The molecule has 0 bridgehead atoms. The fourth-order valence-electron chi connectivity index (χ4n) is 2.04. The number of carbonyl (C=O) groups excluding carboxylic acids is 1. The van der Waals surface area contributed by atoms with E-state index in [2.05, 4.69) is 21.0 Å². The van der Waals surface area contributed by atoms with Gasteiger partial charge in [-0.05, 0) is 38.1 Å². The Labute approximate surface area is 120 Å². The third-order valence-electron chi connectivity index (χ3n) is 2.94. The molecule has 1 aromatic carbocycles. The van der Waals surface area contributed by atoms with Crippen LogP contribution in [0.4, 0.5) is 5.69 Å². The zero-order chi connectivity index (χ0) is 14.0.